The number of hydrogen-bond donors (Lipinski definition) is 0. The van der Waals surface area contributed by atoms with Crippen molar-refractivity contribution in [2.75, 3.05) is 26.9 Å². The number of carbonyl (C=O) groups excluding carboxylic acids is 2. The topological polar surface area (TPSA) is 116 Å². The van der Waals surface area contributed by atoms with E-state index in [-0.39, 0.29) is 22.1 Å². The number of ether oxygens (including phenoxy) is 3. The van der Waals surface area contributed by atoms with E-state index in [1.807, 2.05) is 0 Å². The molecule has 3 aromatic rings. The van der Waals surface area contributed by atoms with Gasteiger partial charge in [-0.3, -0.25) is 9.59 Å². The minimum absolute atomic E-state index is 0.0837. The first-order valence-corrected chi connectivity index (χ1v) is 14.6. The average molecular weight is 572 g/mol. The number of rotatable bonds is 5. The van der Waals surface area contributed by atoms with Crippen LogP contribution in [0.4, 0.5) is 0 Å². The highest BCUT2D eigenvalue weighted by atomic mass is 35.5. The van der Waals surface area contributed by atoms with Crippen molar-refractivity contribution >= 4 is 66.4 Å². The summed E-state index contributed by atoms with van der Waals surface area (Å²) in [6.45, 7) is 0.850. The molecule has 1 amide bonds. The van der Waals surface area contributed by atoms with Crippen molar-refractivity contribution in [1.82, 2.24) is 8.87 Å². The van der Waals surface area contributed by atoms with Crippen LogP contribution in [0.5, 0.6) is 11.5 Å². The predicted molar refractivity (Wildman–Crippen MR) is 134 cm³/mol. The summed E-state index contributed by atoms with van der Waals surface area (Å²) in [6.07, 6.45) is 1.68. The van der Waals surface area contributed by atoms with Crippen molar-refractivity contribution in [1.29, 1.82) is 0 Å². The van der Waals surface area contributed by atoms with Crippen LogP contribution in [0.3, 0.4) is 0 Å². The zero-order valence-corrected chi connectivity index (χ0v) is 22.3. The van der Waals surface area contributed by atoms with Gasteiger partial charge in [0.25, 0.3) is 15.9 Å². The summed E-state index contributed by atoms with van der Waals surface area (Å²) >= 11 is 8.11. The lowest BCUT2D eigenvalue weighted by Gasteiger charge is -2.31. The van der Waals surface area contributed by atoms with Crippen LogP contribution in [0.15, 0.2) is 33.5 Å². The molecular formula is C22H22ClN3O7S3. The summed E-state index contributed by atoms with van der Waals surface area (Å²) in [5.74, 6) is -0.0160. The lowest BCUT2D eigenvalue weighted by Crippen LogP contribution is -2.47. The van der Waals surface area contributed by atoms with E-state index < -0.39 is 27.9 Å². The smallest absolute Gasteiger partial charge is 0.325 e. The van der Waals surface area contributed by atoms with Gasteiger partial charge in [0, 0.05) is 18.7 Å². The Hall–Kier alpha value is -2.45. The number of aromatic nitrogens is 1. The molecule has 2 aliphatic rings. The van der Waals surface area contributed by atoms with E-state index in [4.69, 9.17) is 25.8 Å². The Morgan fingerprint density at radius 1 is 1.17 bits per heavy atom. The van der Waals surface area contributed by atoms with Crippen LogP contribution in [0.25, 0.3) is 10.2 Å². The van der Waals surface area contributed by atoms with Gasteiger partial charge in [-0.05, 0) is 25.0 Å². The number of halogens is 1. The summed E-state index contributed by atoms with van der Waals surface area (Å²) in [6, 6.07) is 5.53. The fourth-order valence-electron chi connectivity index (χ4n) is 4.20. The lowest BCUT2D eigenvalue weighted by atomic mass is 10.0. The third kappa shape index (κ3) is 4.77. The summed E-state index contributed by atoms with van der Waals surface area (Å²) in [5, 5.41) is 0. The predicted octanol–water partition coefficient (Wildman–Crippen LogP) is 3.03. The number of nitrogens with zero attached hydrogens (tertiary/aromatic N) is 3. The SMILES string of the molecule is COC(=O)Cn1c(=NC(=O)C2CCCCN2S(=O)(=O)c2ccc(Cl)s2)sc2cc3c(cc21)OCCO3. The van der Waals surface area contributed by atoms with Gasteiger partial charge in [0.1, 0.15) is 30.0 Å². The third-order valence-corrected chi connectivity index (χ3v) is 10.6. The molecular weight excluding hydrogens is 550 g/mol. The Balaban J connectivity index is 1.57. The molecule has 192 valence electrons. The number of hydrogen-bond acceptors (Lipinski definition) is 9. The van der Waals surface area contributed by atoms with Crippen LogP contribution < -0.4 is 14.3 Å². The maximum Gasteiger partial charge on any atom is 0.325 e. The first-order chi connectivity index (χ1) is 17.3. The van der Waals surface area contributed by atoms with Gasteiger partial charge in [-0.1, -0.05) is 29.4 Å². The number of amides is 1. The van der Waals surface area contributed by atoms with Crippen molar-refractivity contribution in [2.24, 2.45) is 4.99 Å². The number of esters is 1. The Kier molecular flexibility index (Phi) is 7.10. The van der Waals surface area contributed by atoms with Crippen LogP contribution in [0, 0.1) is 0 Å². The molecule has 1 saturated heterocycles. The van der Waals surface area contributed by atoms with Gasteiger partial charge in [0.2, 0.25) is 0 Å². The van der Waals surface area contributed by atoms with Gasteiger partial charge < -0.3 is 18.8 Å². The molecule has 0 radical (unpaired) electrons. The number of fused-ring (bicyclic) bond motifs is 2. The molecule has 0 saturated carbocycles. The van der Waals surface area contributed by atoms with Crippen molar-refractivity contribution in [3.05, 3.63) is 33.4 Å². The molecule has 14 heteroatoms. The fourth-order valence-corrected chi connectivity index (χ4v) is 8.51. The Bertz CT molecular complexity index is 1510. The van der Waals surface area contributed by atoms with Gasteiger partial charge in [-0.25, -0.2) is 8.42 Å². The summed E-state index contributed by atoms with van der Waals surface area (Å²) < 4.78 is 46.7. The second kappa shape index (κ2) is 10.1. The molecule has 1 aromatic carbocycles. The van der Waals surface area contributed by atoms with E-state index >= 15 is 0 Å². The Morgan fingerprint density at radius 2 is 1.92 bits per heavy atom. The van der Waals surface area contributed by atoms with Gasteiger partial charge in [-0.2, -0.15) is 9.30 Å². The molecule has 0 aliphatic carbocycles. The Morgan fingerprint density at radius 3 is 2.61 bits per heavy atom. The average Bonchev–Trinajstić information content (AvgIpc) is 3.46. The molecule has 0 N–H and O–H groups in total. The third-order valence-electron chi connectivity index (χ3n) is 5.92. The monoisotopic (exact) mass is 571 g/mol. The van der Waals surface area contributed by atoms with Crippen molar-refractivity contribution in [2.45, 2.75) is 36.1 Å². The normalized spacial score (nSPS) is 18.9. The van der Waals surface area contributed by atoms with E-state index in [0.717, 1.165) is 16.0 Å². The first-order valence-electron chi connectivity index (χ1n) is 11.1. The highest BCUT2D eigenvalue weighted by Crippen LogP contribution is 2.36. The minimum Gasteiger partial charge on any atom is -0.486 e. The van der Waals surface area contributed by atoms with E-state index in [0.29, 0.717) is 53.8 Å². The highest BCUT2D eigenvalue weighted by Gasteiger charge is 2.38. The summed E-state index contributed by atoms with van der Waals surface area (Å²) in [7, 11) is -2.64. The number of methoxy groups -OCH3 is 1. The van der Waals surface area contributed by atoms with Crippen molar-refractivity contribution < 1.29 is 32.2 Å². The molecule has 1 unspecified atom stereocenters. The molecule has 4 heterocycles. The van der Waals surface area contributed by atoms with Crippen molar-refractivity contribution in [3.63, 3.8) is 0 Å². The largest absolute Gasteiger partial charge is 0.486 e. The van der Waals surface area contributed by atoms with Crippen LogP contribution >= 0.6 is 34.3 Å². The number of sulfonamides is 1. The van der Waals surface area contributed by atoms with E-state index in [1.165, 1.54) is 34.9 Å². The summed E-state index contributed by atoms with van der Waals surface area (Å²) in [5.41, 5.74) is 0.627. The van der Waals surface area contributed by atoms with Gasteiger partial charge in [-0.15, -0.1) is 11.3 Å². The van der Waals surface area contributed by atoms with E-state index in [9.17, 15) is 18.0 Å². The summed E-state index contributed by atoms with van der Waals surface area (Å²) in [4.78, 5) is 30.2. The second-order valence-corrected chi connectivity index (χ2v) is 13.0. The van der Waals surface area contributed by atoms with Gasteiger partial charge >= 0.3 is 5.97 Å². The zero-order chi connectivity index (χ0) is 25.4. The number of benzene rings is 1. The molecule has 2 aliphatic heterocycles. The molecule has 1 atom stereocenters. The molecule has 1 fully saturated rings. The molecule has 5 rings (SSSR count). The van der Waals surface area contributed by atoms with E-state index in [1.54, 1.807) is 16.7 Å². The van der Waals surface area contributed by atoms with E-state index in [2.05, 4.69) is 4.99 Å². The number of piperidine rings is 1. The maximum absolute atomic E-state index is 13.4. The van der Waals surface area contributed by atoms with Gasteiger partial charge in [0.15, 0.2) is 16.3 Å². The number of thiazole rings is 1. The first kappa shape index (κ1) is 25.2. The second-order valence-electron chi connectivity index (χ2n) is 8.15. The quantitative estimate of drug-likeness (QED) is 0.432. The minimum atomic E-state index is -3.92. The van der Waals surface area contributed by atoms with Gasteiger partial charge in [0.05, 0.1) is 21.7 Å². The number of thiophene rings is 1. The van der Waals surface area contributed by atoms with Crippen LogP contribution in [0.1, 0.15) is 19.3 Å². The van der Waals surface area contributed by atoms with Crippen LogP contribution in [0.2, 0.25) is 4.34 Å². The molecule has 36 heavy (non-hydrogen) atoms. The number of carbonyl (C=O) groups is 2. The van der Waals surface area contributed by atoms with Crippen molar-refractivity contribution in [3.8, 4) is 11.5 Å². The highest BCUT2D eigenvalue weighted by molar-refractivity contribution is 7.91. The fraction of sp³-hybridized carbons (Fsp3) is 0.409. The lowest BCUT2D eigenvalue weighted by molar-refractivity contribution is -0.141. The molecule has 10 nitrogen and oxygen atoms in total. The van der Waals surface area contributed by atoms with Crippen LogP contribution in [-0.2, 0) is 30.9 Å². The standard InChI is InChI=1S/C22H22ClN3O7S3/c1-31-19(27)12-25-14-10-15-16(33-9-8-32-15)11-17(14)34-22(25)24-21(28)13-4-2-3-7-26(13)36(29,30)20-6-5-18(23)35-20/h5-6,10-11,13H,2-4,7-9,12H2,1H3. The van der Waals surface area contributed by atoms with Crippen LogP contribution in [-0.4, -0.2) is 62.1 Å². The molecule has 0 spiro atoms. The maximum atomic E-state index is 13.4. The molecule has 2 aromatic heterocycles. The molecule has 0 bridgehead atoms. The Labute approximate surface area is 219 Å². The zero-order valence-electron chi connectivity index (χ0n) is 19.1.